The molecule has 1 aromatic carbocycles. The SMILES string of the molecule is CC(C)CCOCCNCc1cc(O)cc(F)c1. The summed E-state index contributed by atoms with van der Waals surface area (Å²) < 4.78 is 18.4. The predicted octanol–water partition coefficient (Wildman–Crippen LogP) is 2.68. The van der Waals surface area contributed by atoms with E-state index in [2.05, 4.69) is 19.2 Å². The Kier molecular flexibility index (Phi) is 6.68. The molecule has 0 fully saturated rings. The van der Waals surface area contributed by atoms with Crippen LogP contribution in [0.2, 0.25) is 0 Å². The van der Waals surface area contributed by atoms with E-state index in [9.17, 15) is 9.50 Å². The van der Waals surface area contributed by atoms with E-state index in [1.165, 1.54) is 6.07 Å². The van der Waals surface area contributed by atoms with Crippen LogP contribution in [0.15, 0.2) is 18.2 Å². The van der Waals surface area contributed by atoms with Crippen molar-refractivity contribution >= 4 is 0 Å². The first-order valence-corrected chi connectivity index (χ1v) is 6.35. The zero-order valence-electron chi connectivity index (χ0n) is 11.1. The van der Waals surface area contributed by atoms with E-state index < -0.39 is 5.82 Å². The molecule has 0 atom stereocenters. The van der Waals surface area contributed by atoms with Crippen LogP contribution in [0.25, 0.3) is 0 Å². The smallest absolute Gasteiger partial charge is 0.127 e. The normalized spacial score (nSPS) is 11.1. The van der Waals surface area contributed by atoms with E-state index >= 15 is 0 Å². The Morgan fingerprint density at radius 2 is 2.06 bits per heavy atom. The molecule has 1 rings (SSSR count). The van der Waals surface area contributed by atoms with Gasteiger partial charge in [-0.2, -0.15) is 0 Å². The molecular formula is C14H22FNO2. The van der Waals surface area contributed by atoms with Crippen molar-refractivity contribution in [1.29, 1.82) is 0 Å². The predicted molar refractivity (Wildman–Crippen MR) is 70.0 cm³/mol. The zero-order chi connectivity index (χ0) is 13.4. The number of hydrogen-bond donors (Lipinski definition) is 2. The van der Waals surface area contributed by atoms with Gasteiger partial charge in [0.1, 0.15) is 11.6 Å². The minimum atomic E-state index is -0.417. The maximum absolute atomic E-state index is 13.0. The molecular weight excluding hydrogens is 233 g/mol. The summed E-state index contributed by atoms with van der Waals surface area (Å²) in [5.74, 6) is 0.202. The van der Waals surface area contributed by atoms with E-state index in [0.717, 1.165) is 31.2 Å². The lowest BCUT2D eigenvalue weighted by Gasteiger charge is -2.08. The molecule has 3 nitrogen and oxygen atoms in total. The summed E-state index contributed by atoms with van der Waals surface area (Å²) in [7, 11) is 0. The quantitative estimate of drug-likeness (QED) is 0.702. The second-order valence-corrected chi connectivity index (χ2v) is 4.79. The van der Waals surface area contributed by atoms with Gasteiger partial charge in [-0.3, -0.25) is 0 Å². The molecule has 18 heavy (non-hydrogen) atoms. The van der Waals surface area contributed by atoms with Crippen LogP contribution in [0.4, 0.5) is 4.39 Å². The van der Waals surface area contributed by atoms with Gasteiger partial charge in [-0.15, -0.1) is 0 Å². The summed E-state index contributed by atoms with van der Waals surface area (Å²) in [6.45, 7) is 7.00. The second kappa shape index (κ2) is 8.06. The number of halogens is 1. The van der Waals surface area contributed by atoms with Crippen molar-refractivity contribution in [2.45, 2.75) is 26.8 Å². The lowest BCUT2D eigenvalue weighted by Crippen LogP contribution is -2.19. The molecule has 1 aromatic rings. The van der Waals surface area contributed by atoms with Gasteiger partial charge in [-0.1, -0.05) is 13.8 Å². The molecule has 0 unspecified atom stereocenters. The van der Waals surface area contributed by atoms with Gasteiger partial charge in [-0.05, 0) is 30.0 Å². The Hall–Kier alpha value is -1.13. The first-order chi connectivity index (χ1) is 8.58. The summed E-state index contributed by atoms with van der Waals surface area (Å²) in [4.78, 5) is 0. The van der Waals surface area contributed by atoms with Crippen LogP contribution in [0.1, 0.15) is 25.8 Å². The van der Waals surface area contributed by atoms with Crippen LogP contribution in [0.5, 0.6) is 5.75 Å². The molecule has 0 aliphatic heterocycles. The summed E-state index contributed by atoms with van der Waals surface area (Å²) in [6, 6.07) is 4.06. The van der Waals surface area contributed by atoms with Gasteiger partial charge in [0.25, 0.3) is 0 Å². The summed E-state index contributed by atoms with van der Waals surface area (Å²) in [6.07, 6.45) is 1.07. The topological polar surface area (TPSA) is 41.5 Å². The first-order valence-electron chi connectivity index (χ1n) is 6.35. The molecule has 0 saturated heterocycles. The highest BCUT2D eigenvalue weighted by Crippen LogP contribution is 2.14. The first kappa shape index (κ1) is 14.9. The van der Waals surface area contributed by atoms with Gasteiger partial charge in [0.05, 0.1) is 6.61 Å². The van der Waals surface area contributed by atoms with Crippen molar-refractivity contribution in [1.82, 2.24) is 5.32 Å². The second-order valence-electron chi connectivity index (χ2n) is 4.79. The van der Waals surface area contributed by atoms with Crippen LogP contribution in [-0.4, -0.2) is 24.9 Å². The molecule has 0 amide bonds. The van der Waals surface area contributed by atoms with Crippen LogP contribution < -0.4 is 5.32 Å². The van der Waals surface area contributed by atoms with E-state index in [1.807, 2.05) is 0 Å². The third-order valence-corrected chi connectivity index (χ3v) is 2.53. The molecule has 0 spiro atoms. The number of ether oxygens (including phenoxy) is 1. The Labute approximate surface area is 108 Å². The molecule has 102 valence electrons. The molecule has 2 N–H and O–H groups in total. The molecule has 0 aromatic heterocycles. The largest absolute Gasteiger partial charge is 0.508 e. The van der Waals surface area contributed by atoms with E-state index in [1.54, 1.807) is 6.07 Å². The molecule has 0 radical (unpaired) electrons. The summed E-state index contributed by atoms with van der Waals surface area (Å²) in [5.41, 5.74) is 0.731. The number of phenols is 1. The Morgan fingerprint density at radius 1 is 1.28 bits per heavy atom. The monoisotopic (exact) mass is 255 g/mol. The zero-order valence-corrected chi connectivity index (χ0v) is 11.1. The average molecular weight is 255 g/mol. The van der Waals surface area contributed by atoms with Gasteiger partial charge in [-0.25, -0.2) is 4.39 Å². The highest BCUT2D eigenvalue weighted by molar-refractivity contribution is 5.28. The number of benzene rings is 1. The Bertz CT molecular complexity index is 335. The van der Waals surface area contributed by atoms with Crippen molar-refractivity contribution < 1.29 is 14.2 Å². The molecule has 0 heterocycles. The molecule has 0 aliphatic rings. The Balaban J connectivity index is 2.10. The van der Waals surface area contributed by atoms with Gasteiger partial charge in [0, 0.05) is 25.8 Å². The highest BCUT2D eigenvalue weighted by Gasteiger charge is 1.99. The summed E-state index contributed by atoms with van der Waals surface area (Å²) >= 11 is 0. The maximum atomic E-state index is 13.0. The third kappa shape index (κ3) is 6.57. The maximum Gasteiger partial charge on any atom is 0.127 e. The van der Waals surface area contributed by atoms with Gasteiger partial charge in [0.15, 0.2) is 0 Å². The third-order valence-electron chi connectivity index (χ3n) is 2.53. The number of hydrogen-bond acceptors (Lipinski definition) is 3. The minimum absolute atomic E-state index is 0.0417. The minimum Gasteiger partial charge on any atom is -0.508 e. The van der Waals surface area contributed by atoms with Gasteiger partial charge in [0.2, 0.25) is 0 Å². The average Bonchev–Trinajstić information content (AvgIpc) is 2.26. The Morgan fingerprint density at radius 3 is 2.72 bits per heavy atom. The number of nitrogens with one attached hydrogen (secondary N) is 1. The van der Waals surface area contributed by atoms with E-state index in [4.69, 9.17) is 4.74 Å². The number of phenolic OH excluding ortho intramolecular Hbond substituents is 1. The molecule has 0 saturated carbocycles. The van der Waals surface area contributed by atoms with Gasteiger partial charge < -0.3 is 15.2 Å². The fraction of sp³-hybridized carbons (Fsp3) is 0.571. The number of rotatable bonds is 8. The fourth-order valence-electron chi connectivity index (χ4n) is 1.53. The summed E-state index contributed by atoms with van der Waals surface area (Å²) in [5, 5.41) is 12.4. The standard InChI is InChI=1S/C14H22FNO2/c1-11(2)3-5-18-6-4-16-10-12-7-13(15)9-14(17)8-12/h7-9,11,16-17H,3-6,10H2,1-2H3. The van der Waals surface area contributed by atoms with Crippen molar-refractivity contribution in [3.8, 4) is 5.75 Å². The van der Waals surface area contributed by atoms with Crippen LogP contribution in [-0.2, 0) is 11.3 Å². The lowest BCUT2D eigenvalue weighted by molar-refractivity contribution is 0.125. The fourth-order valence-corrected chi connectivity index (χ4v) is 1.53. The van der Waals surface area contributed by atoms with Crippen molar-refractivity contribution in [2.24, 2.45) is 5.92 Å². The van der Waals surface area contributed by atoms with Gasteiger partial charge >= 0.3 is 0 Å². The highest BCUT2D eigenvalue weighted by atomic mass is 19.1. The lowest BCUT2D eigenvalue weighted by atomic mass is 10.1. The molecule has 4 heteroatoms. The van der Waals surface area contributed by atoms with Crippen molar-refractivity contribution in [2.75, 3.05) is 19.8 Å². The van der Waals surface area contributed by atoms with Crippen molar-refractivity contribution in [3.05, 3.63) is 29.6 Å². The van der Waals surface area contributed by atoms with Crippen molar-refractivity contribution in [3.63, 3.8) is 0 Å². The van der Waals surface area contributed by atoms with E-state index in [0.29, 0.717) is 19.1 Å². The van der Waals surface area contributed by atoms with E-state index in [-0.39, 0.29) is 5.75 Å². The molecule has 0 bridgehead atoms. The van der Waals surface area contributed by atoms with Crippen LogP contribution in [0, 0.1) is 11.7 Å². The van der Waals surface area contributed by atoms with Crippen LogP contribution in [0.3, 0.4) is 0 Å². The number of aromatic hydroxyl groups is 1. The molecule has 0 aliphatic carbocycles. The van der Waals surface area contributed by atoms with Crippen LogP contribution >= 0.6 is 0 Å².